The maximum Gasteiger partial charge on any atom is 0.250 e. The number of halogens is 2. The molecule has 2 rings (SSSR count). The van der Waals surface area contributed by atoms with Crippen molar-refractivity contribution in [3.8, 4) is 5.88 Å². The van der Waals surface area contributed by atoms with Gasteiger partial charge in [-0.3, -0.25) is 4.98 Å². The molecule has 0 aromatic carbocycles. The average molecular weight is 267 g/mol. The van der Waals surface area contributed by atoms with Crippen molar-refractivity contribution < 1.29 is 9.13 Å². The van der Waals surface area contributed by atoms with E-state index in [-0.39, 0.29) is 11.8 Å². The normalized spacial score (nSPS) is 10.3. The third-order valence-corrected chi connectivity index (χ3v) is 2.69. The number of ether oxygens (including phenoxy) is 1. The predicted octanol–water partition coefficient (Wildman–Crippen LogP) is 2.98. The molecule has 0 unspecified atom stereocenters. The van der Waals surface area contributed by atoms with E-state index >= 15 is 0 Å². The second-order valence-electron chi connectivity index (χ2n) is 3.64. The van der Waals surface area contributed by atoms with E-state index in [1.165, 1.54) is 12.3 Å². The van der Waals surface area contributed by atoms with Gasteiger partial charge in [-0.1, -0.05) is 6.07 Å². The lowest BCUT2D eigenvalue weighted by molar-refractivity contribution is 0.290. The van der Waals surface area contributed by atoms with Crippen molar-refractivity contribution in [2.24, 2.45) is 0 Å². The minimum Gasteiger partial charge on any atom is -0.475 e. The molecule has 2 aromatic rings. The molecule has 0 fully saturated rings. The summed E-state index contributed by atoms with van der Waals surface area (Å²) in [6.07, 6.45) is 3.80. The van der Waals surface area contributed by atoms with E-state index in [1.54, 1.807) is 6.20 Å². The SMILES string of the molecule is Fc1c(CCl)ccnc1OCCc1ccccn1. The smallest absolute Gasteiger partial charge is 0.250 e. The van der Waals surface area contributed by atoms with Crippen LogP contribution in [0.4, 0.5) is 4.39 Å². The molecule has 2 heterocycles. The molecule has 0 radical (unpaired) electrons. The number of rotatable bonds is 5. The van der Waals surface area contributed by atoms with Crippen molar-refractivity contribution in [1.82, 2.24) is 9.97 Å². The van der Waals surface area contributed by atoms with E-state index in [9.17, 15) is 4.39 Å². The molecule has 2 aromatic heterocycles. The molecule has 0 atom stereocenters. The molecular weight excluding hydrogens is 255 g/mol. The molecule has 5 heteroatoms. The van der Waals surface area contributed by atoms with Crippen LogP contribution in [-0.4, -0.2) is 16.6 Å². The highest BCUT2D eigenvalue weighted by atomic mass is 35.5. The first-order chi connectivity index (χ1) is 8.81. The summed E-state index contributed by atoms with van der Waals surface area (Å²) in [5, 5.41) is 0. The van der Waals surface area contributed by atoms with Gasteiger partial charge in [0.25, 0.3) is 5.88 Å². The van der Waals surface area contributed by atoms with Crippen LogP contribution in [-0.2, 0) is 12.3 Å². The van der Waals surface area contributed by atoms with Crippen LogP contribution in [0.5, 0.6) is 5.88 Å². The highest BCUT2D eigenvalue weighted by Gasteiger charge is 2.09. The molecule has 94 valence electrons. The van der Waals surface area contributed by atoms with Gasteiger partial charge in [-0.2, -0.15) is 0 Å². The second-order valence-corrected chi connectivity index (χ2v) is 3.91. The largest absolute Gasteiger partial charge is 0.475 e. The Morgan fingerprint density at radius 1 is 1.17 bits per heavy atom. The summed E-state index contributed by atoms with van der Waals surface area (Å²) < 4.78 is 19.0. The zero-order valence-electron chi connectivity index (χ0n) is 9.64. The Morgan fingerprint density at radius 2 is 2.06 bits per heavy atom. The summed E-state index contributed by atoms with van der Waals surface area (Å²) in [4.78, 5) is 7.99. The van der Waals surface area contributed by atoms with Crippen molar-refractivity contribution >= 4 is 11.6 Å². The number of nitrogens with zero attached hydrogens (tertiary/aromatic N) is 2. The van der Waals surface area contributed by atoms with Crippen molar-refractivity contribution in [2.75, 3.05) is 6.61 Å². The number of pyridine rings is 2. The molecule has 18 heavy (non-hydrogen) atoms. The second kappa shape index (κ2) is 6.31. The maximum absolute atomic E-state index is 13.7. The summed E-state index contributed by atoms with van der Waals surface area (Å²) in [7, 11) is 0. The van der Waals surface area contributed by atoms with Gasteiger partial charge in [0, 0.05) is 30.1 Å². The van der Waals surface area contributed by atoms with Gasteiger partial charge in [-0.25, -0.2) is 9.37 Å². The fourth-order valence-corrected chi connectivity index (χ4v) is 1.67. The summed E-state index contributed by atoms with van der Waals surface area (Å²) in [6.45, 7) is 0.326. The van der Waals surface area contributed by atoms with E-state index in [1.807, 2.05) is 18.2 Å². The van der Waals surface area contributed by atoms with Crippen molar-refractivity contribution in [3.63, 3.8) is 0 Å². The minimum atomic E-state index is -0.492. The van der Waals surface area contributed by atoms with E-state index in [0.29, 0.717) is 18.6 Å². The molecule has 0 aliphatic rings. The fourth-order valence-electron chi connectivity index (χ4n) is 1.46. The fraction of sp³-hybridized carbons (Fsp3) is 0.231. The Balaban J connectivity index is 1.95. The van der Waals surface area contributed by atoms with Crippen LogP contribution in [0.3, 0.4) is 0 Å². The van der Waals surface area contributed by atoms with Gasteiger partial charge in [-0.05, 0) is 18.2 Å². The first-order valence-corrected chi connectivity index (χ1v) is 6.06. The number of hydrogen-bond acceptors (Lipinski definition) is 3. The van der Waals surface area contributed by atoms with Gasteiger partial charge < -0.3 is 4.74 Å². The number of aromatic nitrogens is 2. The third-order valence-electron chi connectivity index (χ3n) is 2.40. The van der Waals surface area contributed by atoms with Crippen LogP contribution in [0.15, 0.2) is 36.7 Å². The molecule has 0 saturated carbocycles. The molecule has 0 spiro atoms. The van der Waals surface area contributed by atoms with Crippen molar-refractivity contribution in [1.29, 1.82) is 0 Å². The van der Waals surface area contributed by atoms with Crippen LogP contribution in [0.2, 0.25) is 0 Å². The molecule has 0 bridgehead atoms. The summed E-state index contributed by atoms with van der Waals surface area (Å²) in [6, 6.07) is 7.17. The monoisotopic (exact) mass is 266 g/mol. The lowest BCUT2D eigenvalue weighted by Crippen LogP contribution is -2.06. The van der Waals surface area contributed by atoms with Gasteiger partial charge in [0.2, 0.25) is 0 Å². The highest BCUT2D eigenvalue weighted by Crippen LogP contribution is 2.18. The lowest BCUT2D eigenvalue weighted by Gasteiger charge is -2.07. The Kier molecular flexibility index (Phi) is 4.47. The topological polar surface area (TPSA) is 35.0 Å². The van der Waals surface area contributed by atoms with Crippen LogP contribution < -0.4 is 4.74 Å². The molecule has 0 amide bonds. The molecule has 0 saturated heterocycles. The summed E-state index contributed by atoms with van der Waals surface area (Å²) >= 11 is 5.60. The van der Waals surface area contributed by atoms with E-state index < -0.39 is 5.82 Å². The van der Waals surface area contributed by atoms with Gasteiger partial charge in [0.1, 0.15) is 0 Å². The molecule has 3 nitrogen and oxygen atoms in total. The summed E-state index contributed by atoms with van der Waals surface area (Å²) in [5.41, 5.74) is 1.28. The number of alkyl halides is 1. The third kappa shape index (κ3) is 3.17. The number of hydrogen-bond donors (Lipinski definition) is 0. The predicted molar refractivity (Wildman–Crippen MR) is 67.2 cm³/mol. The lowest BCUT2D eigenvalue weighted by atomic mass is 10.3. The Labute approximate surface area is 110 Å². The quantitative estimate of drug-likeness (QED) is 0.781. The van der Waals surface area contributed by atoms with Crippen LogP contribution >= 0.6 is 11.6 Å². The Hall–Kier alpha value is -1.68. The highest BCUT2D eigenvalue weighted by molar-refractivity contribution is 6.17. The Bertz CT molecular complexity index is 508. The van der Waals surface area contributed by atoms with E-state index in [4.69, 9.17) is 16.3 Å². The van der Waals surface area contributed by atoms with Crippen molar-refractivity contribution in [3.05, 3.63) is 53.7 Å². The molecule has 0 aliphatic heterocycles. The minimum absolute atomic E-state index is 0.0101. The molecule has 0 N–H and O–H groups in total. The zero-order valence-corrected chi connectivity index (χ0v) is 10.4. The average Bonchev–Trinajstić information content (AvgIpc) is 2.42. The van der Waals surface area contributed by atoms with Crippen molar-refractivity contribution in [2.45, 2.75) is 12.3 Å². The first kappa shape index (κ1) is 12.8. The first-order valence-electron chi connectivity index (χ1n) is 5.53. The van der Waals surface area contributed by atoms with Gasteiger partial charge >= 0.3 is 0 Å². The van der Waals surface area contributed by atoms with E-state index in [0.717, 1.165) is 5.69 Å². The Morgan fingerprint density at radius 3 is 2.78 bits per heavy atom. The maximum atomic E-state index is 13.7. The molecular formula is C13H12ClFN2O. The van der Waals surface area contributed by atoms with Gasteiger partial charge in [0.15, 0.2) is 5.82 Å². The van der Waals surface area contributed by atoms with E-state index in [2.05, 4.69) is 9.97 Å². The van der Waals surface area contributed by atoms with Gasteiger partial charge in [0.05, 0.1) is 12.5 Å². The summed E-state index contributed by atoms with van der Waals surface area (Å²) in [5.74, 6) is -0.400. The van der Waals surface area contributed by atoms with Crippen LogP contribution in [0, 0.1) is 5.82 Å². The van der Waals surface area contributed by atoms with Crippen LogP contribution in [0.25, 0.3) is 0 Å². The standard InChI is InChI=1S/C13H12ClFN2O/c14-9-10-4-7-17-13(12(10)15)18-8-5-11-3-1-2-6-16-11/h1-4,6-7H,5,8-9H2. The molecule has 0 aliphatic carbocycles. The van der Waals surface area contributed by atoms with Gasteiger partial charge in [-0.15, -0.1) is 11.6 Å². The zero-order chi connectivity index (χ0) is 12.8. The van der Waals surface area contributed by atoms with Crippen LogP contribution in [0.1, 0.15) is 11.3 Å².